The summed E-state index contributed by atoms with van der Waals surface area (Å²) in [7, 11) is 0. The molecule has 108 valence electrons. The van der Waals surface area contributed by atoms with Crippen LogP contribution in [0, 0.1) is 12.8 Å². The van der Waals surface area contributed by atoms with E-state index in [1.807, 2.05) is 13.0 Å². The highest BCUT2D eigenvalue weighted by Crippen LogP contribution is 2.27. The molecule has 0 heterocycles. The molecule has 2 rings (SSSR count). The lowest BCUT2D eigenvalue weighted by Crippen LogP contribution is -2.19. The standard InChI is InChI=1S/C16H21NO3/c1-11-7-8-14(13(9-11)16(19)20)17-15(18)10-12-5-3-2-4-6-12/h7-9,12H,2-6,10H2,1H3,(H,17,18)(H,19,20). The first-order valence-electron chi connectivity index (χ1n) is 7.20. The highest BCUT2D eigenvalue weighted by atomic mass is 16.4. The Hall–Kier alpha value is -1.84. The van der Waals surface area contributed by atoms with Crippen LogP contribution in [0.5, 0.6) is 0 Å². The van der Waals surface area contributed by atoms with Crippen LogP contribution in [0.4, 0.5) is 5.69 Å². The molecule has 0 aromatic heterocycles. The normalized spacial score (nSPS) is 15.8. The lowest BCUT2D eigenvalue weighted by Gasteiger charge is -2.21. The fraction of sp³-hybridized carbons (Fsp3) is 0.500. The van der Waals surface area contributed by atoms with E-state index in [2.05, 4.69) is 5.32 Å². The molecule has 0 spiro atoms. The van der Waals surface area contributed by atoms with Gasteiger partial charge in [0.25, 0.3) is 0 Å². The van der Waals surface area contributed by atoms with Gasteiger partial charge in [0.2, 0.25) is 5.91 Å². The predicted octanol–water partition coefficient (Wildman–Crippen LogP) is 3.60. The monoisotopic (exact) mass is 275 g/mol. The molecular formula is C16H21NO3. The fourth-order valence-corrected chi connectivity index (χ4v) is 2.80. The average Bonchev–Trinajstić information content (AvgIpc) is 2.41. The highest BCUT2D eigenvalue weighted by molar-refractivity contribution is 6.00. The maximum atomic E-state index is 12.0. The van der Waals surface area contributed by atoms with E-state index in [-0.39, 0.29) is 11.5 Å². The van der Waals surface area contributed by atoms with Gasteiger partial charge in [0.15, 0.2) is 0 Å². The lowest BCUT2D eigenvalue weighted by molar-refractivity contribution is -0.117. The van der Waals surface area contributed by atoms with E-state index in [0.29, 0.717) is 18.0 Å². The van der Waals surface area contributed by atoms with Gasteiger partial charge in [-0.25, -0.2) is 4.79 Å². The molecule has 0 unspecified atom stereocenters. The van der Waals surface area contributed by atoms with Gasteiger partial charge in [-0.1, -0.05) is 30.9 Å². The van der Waals surface area contributed by atoms with E-state index in [4.69, 9.17) is 0 Å². The first-order valence-corrected chi connectivity index (χ1v) is 7.20. The number of benzene rings is 1. The maximum absolute atomic E-state index is 12.0. The van der Waals surface area contributed by atoms with Crippen molar-refractivity contribution in [2.45, 2.75) is 45.4 Å². The zero-order chi connectivity index (χ0) is 14.5. The number of hydrogen-bond donors (Lipinski definition) is 2. The molecule has 1 fully saturated rings. The van der Waals surface area contributed by atoms with E-state index in [9.17, 15) is 14.7 Å². The Labute approximate surface area is 119 Å². The Bertz CT molecular complexity index is 504. The molecule has 1 aliphatic rings. The molecule has 1 saturated carbocycles. The summed E-state index contributed by atoms with van der Waals surface area (Å²) in [6.45, 7) is 1.83. The quantitative estimate of drug-likeness (QED) is 0.882. The van der Waals surface area contributed by atoms with E-state index < -0.39 is 5.97 Å². The number of carboxylic acids is 1. The van der Waals surface area contributed by atoms with Crippen LogP contribution in [-0.4, -0.2) is 17.0 Å². The maximum Gasteiger partial charge on any atom is 0.337 e. The van der Waals surface area contributed by atoms with Gasteiger partial charge < -0.3 is 10.4 Å². The second-order valence-corrected chi connectivity index (χ2v) is 5.61. The fourth-order valence-electron chi connectivity index (χ4n) is 2.80. The minimum Gasteiger partial charge on any atom is -0.478 e. The highest BCUT2D eigenvalue weighted by Gasteiger charge is 2.18. The second kappa shape index (κ2) is 6.55. The summed E-state index contributed by atoms with van der Waals surface area (Å²) in [5, 5.41) is 11.9. The molecule has 2 N–H and O–H groups in total. The van der Waals surface area contributed by atoms with Crippen molar-refractivity contribution in [2.75, 3.05) is 5.32 Å². The molecule has 1 aliphatic carbocycles. The third-order valence-corrected chi connectivity index (χ3v) is 3.88. The summed E-state index contributed by atoms with van der Waals surface area (Å²) in [4.78, 5) is 23.2. The predicted molar refractivity (Wildman–Crippen MR) is 78.0 cm³/mol. The Morgan fingerprint density at radius 3 is 2.60 bits per heavy atom. The molecule has 0 bridgehead atoms. The van der Waals surface area contributed by atoms with Crippen molar-refractivity contribution in [1.29, 1.82) is 0 Å². The van der Waals surface area contributed by atoms with Gasteiger partial charge in [0.05, 0.1) is 11.3 Å². The SMILES string of the molecule is Cc1ccc(NC(=O)CC2CCCCC2)c(C(=O)O)c1. The van der Waals surface area contributed by atoms with E-state index in [1.54, 1.807) is 12.1 Å². The van der Waals surface area contributed by atoms with Gasteiger partial charge in [0, 0.05) is 6.42 Å². The first-order chi connectivity index (χ1) is 9.56. The van der Waals surface area contributed by atoms with Crippen molar-refractivity contribution in [3.63, 3.8) is 0 Å². The number of hydrogen-bond acceptors (Lipinski definition) is 2. The van der Waals surface area contributed by atoms with Crippen molar-refractivity contribution in [3.8, 4) is 0 Å². The van der Waals surface area contributed by atoms with Crippen LogP contribution in [0.15, 0.2) is 18.2 Å². The Morgan fingerprint density at radius 2 is 1.95 bits per heavy atom. The summed E-state index contributed by atoms with van der Waals surface area (Å²) in [5.74, 6) is -0.646. The van der Waals surface area contributed by atoms with Crippen LogP contribution in [0.3, 0.4) is 0 Å². The average molecular weight is 275 g/mol. The van der Waals surface area contributed by atoms with Crippen LogP contribution in [0.1, 0.15) is 54.4 Å². The smallest absolute Gasteiger partial charge is 0.337 e. The van der Waals surface area contributed by atoms with Crippen molar-refractivity contribution in [1.82, 2.24) is 0 Å². The molecule has 1 aromatic rings. The minimum atomic E-state index is -1.01. The summed E-state index contributed by atoms with van der Waals surface area (Å²) >= 11 is 0. The Kier molecular flexibility index (Phi) is 4.77. The van der Waals surface area contributed by atoms with Crippen LogP contribution >= 0.6 is 0 Å². The number of aryl methyl sites for hydroxylation is 1. The molecule has 0 atom stereocenters. The molecule has 4 nitrogen and oxygen atoms in total. The number of nitrogens with one attached hydrogen (secondary N) is 1. The number of amides is 1. The van der Waals surface area contributed by atoms with Crippen LogP contribution in [0.2, 0.25) is 0 Å². The van der Waals surface area contributed by atoms with Crippen LogP contribution < -0.4 is 5.32 Å². The van der Waals surface area contributed by atoms with Crippen molar-refractivity contribution in [3.05, 3.63) is 29.3 Å². The van der Waals surface area contributed by atoms with Gasteiger partial charge in [-0.05, 0) is 37.8 Å². The summed E-state index contributed by atoms with van der Waals surface area (Å²) in [6, 6.07) is 5.05. The number of carbonyl (C=O) groups excluding carboxylic acids is 1. The second-order valence-electron chi connectivity index (χ2n) is 5.61. The third kappa shape index (κ3) is 3.83. The van der Waals surface area contributed by atoms with Gasteiger partial charge >= 0.3 is 5.97 Å². The van der Waals surface area contributed by atoms with E-state index in [0.717, 1.165) is 18.4 Å². The van der Waals surface area contributed by atoms with Crippen LogP contribution in [-0.2, 0) is 4.79 Å². The summed E-state index contributed by atoms with van der Waals surface area (Å²) < 4.78 is 0. The molecule has 20 heavy (non-hydrogen) atoms. The molecule has 1 aromatic carbocycles. The van der Waals surface area contributed by atoms with Crippen molar-refractivity contribution < 1.29 is 14.7 Å². The number of anilines is 1. The molecule has 0 saturated heterocycles. The number of rotatable bonds is 4. The van der Waals surface area contributed by atoms with E-state index in [1.165, 1.54) is 19.3 Å². The molecule has 0 aliphatic heterocycles. The largest absolute Gasteiger partial charge is 0.478 e. The van der Waals surface area contributed by atoms with Gasteiger partial charge in [-0.2, -0.15) is 0 Å². The molecule has 1 amide bonds. The topological polar surface area (TPSA) is 66.4 Å². The Balaban J connectivity index is 2.01. The lowest BCUT2D eigenvalue weighted by atomic mass is 9.87. The molecule has 0 radical (unpaired) electrons. The zero-order valence-corrected chi connectivity index (χ0v) is 11.8. The molecular weight excluding hydrogens is 254 g/mol. The van der Waals surface area contributed by atoms with Gasteiger partial charge in [-0.3, -0.25) is 4.79 Å². The van der Waals surface area contributed by atoms with Crippen molar-refractivity contribution >= 4 is 17.6 Å². The van der Waals surface area contributed by atoms with Gasteiger partial charge in [-0.15, -0.1) is 0 Å². The third-order valence-electron chi connectivity index (χ3n) is 3.88. The molecule has 4 heteroatoms. The zero-order valence-electron chi connectivity index (χ0n) is 11.8. The number of aromatic carboxylic acids is 1. The van der Waals surface area contributed by atoms with E-state index >= 15 is 0 Å². The summed E-state index contributed by atoms with van der Waals surface area (Å²) in [5.41, 5.74) is 1.42. The summed E-state index contributed by atoms with van der Waals surface area (Å²) in [6.07, 6.45) is 6.36. The van der Waals surface area contributed by atoms with Crippen LogP contribution in [0.25, 0.3) is 0 Å². The van der Waals surface area contributed by atoms with Gasteiger partial charge in [0.1, 0.15) is 0 Å². The number of carboxylic acid groups (broad SMARTS) is 1. The minimum absolute atomic E-state index is 0.0803. The Morgan fingerprint density at radius 1 is 1.25 bits per heavy atom. The first kappa shape index (κ1) is 14.6. The van der Waals surface area contributed by atoms with Crippen molar-refractivity contribution in [2.24, 2.45) is 5.92 Å². The number of carbonyl (C=O) groups is 2.